The molecule has 1 aliphatic rings. The Kier molecular flexibility index (Phi) is 8.14. The predicted octanol–water partition coefficient (Wildman–Crippen LogP) is 4.92. The number of carboxylic acid groups (broad SMARTS) is 1. The average Bonchev–Trinajstić information content (AvgIpc) is 3.44. The Hall–Kier alpha value is -2.59. The fraction of sp³-hybridized carbons (Fsp3) is 0.455. The molecule has 10 heteroatoms. The Morgan fingerprint density at radius 1 is 1.28 bits per heavy atom. The summed E-state index contributed by atoms with van der Waals surface area (Å²) in [5.74, 6) is -1.17. The van der Waals surface area contributed by atoms with Crippen LogP contribution in [0.25, 0.3) is 0 Å². The average molecular weight is 477 g/mol. The highest BCUT2D eigenvalue weighted by atomic mass is 32.2. The van der Waals surface area contributed by atoms with Crippen molar-refractivity contribution < 1.29 is 19.5 Å². The number of hydrogen-bond acceptors (Lipinski definition) is 6. The molecule has 1 aromatic carbocycles. The smallest absolute Gasteiger partial charge is 0.330 e. The van der Waals surface area contributed by atoms with Crippen molar-refractivity contribution in [2.24, 2.45) is 5.92 Å². The van der Waals surface area contributed by atoms with E-state index in [1.165, 1.54) is 28.0 Å². The molecule has 1 aromatic heterocycles. The summed E-state index contributed by atoms with van der Waals surface area (Å²) >= 11 is 2.47. The Bertz CT molecular complexity index is 972. The summed E-state index contributed by atoms with van der Waals surface area (Å²) < 4.78 is 0.743. The first-order valence-electron chi connectivity index (χ1n) is 10.5. The number of nitrogens with zero attached hydrogens (tertiary/aromatic N) is 3. The van der Waals surface area contributed by atoms with Crippen LogP contribution in [0.1, 0.15) is 39.5 Å². The molecule has 1 saturated carbocycles. The summed E-state index contributed by atoms with van der Waals surface area (Å²) in [7, 11) is 1.68. The van der Waals surface area contributed by atoms with Gasteiger partial charge in [-0.3, -0.25) is 19.4 Å². The van der Waals surface area contributed by atoms with Crippen molar-refractivity contribution in [3.63, 3.8) is 0 Å². The van der Waals surface area contributed by atoms with Gasteiger partial charge in [0.05, 0.1) is 16.2 Å². The van der Waals surface area contributed by atoms with Gasteiger partial charge in [-0.05, 0) is 31.0 Å². The number of carbonyl (C=O) groups excluding carboxylic acids is 2. The van der Waals surface area contributed by atoms with Crippen molar-refractivity contribution in [1.29, 1.82) is 0 Å². The maximum Gasteiger partial charge on any atom is 0.330 e. The summed E-state index contributed by atoms with van der Waals surface area (Å²) in [6.07, 6.45) is 5.56. The van der Waals surface area contributed by atoms with Crippen molar-refractivity contribution >= 4 is 57.5 Å². The predicted molar refractivity (Wildman–Crippen MR) is 129 cm³/mol. The van der Waals surface area contributed by atoms with Crippen LogP contribution in [0.3, 0.4) is 0 Å². The summed E-state index contributed by atoms with van der Waals surface area (Å²) in [4.78, 5) is 44.1. The van der Waals surface area contributed by atoms with Crippen LogP contribution in [0.15, 0.2) is 34.7 Å². The minimum atomic E-state index is -0.897. The zero-order valence-corrected chi connectivity index (χ0v) is 20.0. The number of thioether (sulfide) groups is 1. The number of rotatable bonds is 8. The third-order valence-electron chi connectivity index (χ3n) is 5.20. The highest BCUT2D eigenvalue weighted by Crippen LogP contribution is 2.34. The van der Waals surface area contributed by atoms with Crippen molar-refractivity contribution in [2.75, 3.05) is 27.9 Å². The molecule has 1 aliphatic carbocycles. The van der Waals surface area contributed by atoms with Gasteiger partial charge in [0.15, 0.2) is 5.13 Å². The lowest BCUT2D eigenvalue weighted by Gasteiger charge is -2.32. The fourth-order valence-corrected chi connectivity index (χ4v) is 5.14. The number of urea groups is 1. The van der Waals surface area contributed by atoms with E-state index in [1.54, 1.807) is 18.1 Å². The third-order valence-corrected chi connectivity index (χ3v) is 7.45. The molecular formula is C22H28N4O4S2. The monoisotopic (exact) mass is 476 g/mol. The van der Waals surface area contributed by atoms with Gasteiger partial charge >= 0.3 is 12.0 Å². The van der Waals surface area contributed by atoms with Crippen LogP contribution in [-0.2, 0) is 9.59 Å². The Morgan fingerprint density at radius 2 is 2.00 bits per heavy atom. The van der Waals surface area contributed by atoms with Gasteiger partial charge in [0, 0.05) is 30.4 Å². The number of amides is 3. The molecule has 3 amide bonds. The van der Waals surface area contributed by atoms with Crippen molar-refractivity contribution in [3.05, 3.63) is 30.5 Å². The molecule has 2 N–H and O–H groups in total. The Morgan fingerprint density at radius 3 is 2.66 bits per heavy atom. The second-order valence-corrected chi connectivity index (χ2v) is 10.3. The quantitative estimate of drug-likeness (QED) is 0.524. The van der Waals surface area contributed by atoms with E-state index in [0.29, 0.717) is 10.8 Å². The van der Waals surface area contributed by atoms with Gasteiger partial charge in [0.1, 0.15) is 0 Å². The van der Waals surface area contributed by atoms with E-state index in [1.807, 2.05) is 38.1 Å². The lowest BCUT2D eigenvalue weighted by atomic mass is 10.1. The third kappa shape index (κ3) is 6.01. The second-order valence-electron chi connectivity index (χ2n) is 7.99. The number of aliphatic carboxylic acids is 1. The fourth-order valence-electron chi connectivity index (χ4n) is 3.51. The lowest BCUT2D eigenvalue weighted by Crippen LogP contribution is -2.46. The molecule has 172 valence electrons. The van der Waals surface area contributed by atoms with Crippen LogP contribution in [0.2, 0.25) is 0 Å². The van der Waals surface area contributed by atoms with Crippen molar-refractivity contribution in [1.82, 2.24) is 4.98 Å². The number of carboxylic acids is 1. The van der Waals surface area contributed by atoms with Crippen LogP contribution < -0.4 is 15.1 Å². The van der Waals surface area contributed by atoms with Crippen LogP contribution in [0, 0.1) is 5.92 Å². The molecular weight excluding hydrogens is 448 g/mol. The molecule has 0 unspecified atom stereocenters. The summed E-state index contributed by atoms with van der Waals surface area (Å²) in [6.45, 7) is 3.67. The van der Waals surface area contributed by atoms with Gasteiger partial charge in [-0.15, -0.1) is 11.8 Å². The van der Waals surface area contributed by atoms with Crippen LogP contribution in [-0.4, -0.2) is 46.8 Å². The van der Waals surface area contributed by atoms with E-state index in [2.05, 4.69) is 10.3 Å². The van der Waals surface area contributed by atoms with Gasteiger partial charge in [0.2, 0.25) is 5.91 Å². The molecule has 8 nitrogen and oxygen atoms in total. The van der Waals surface area contributed by atoms with Gasteiger partial charge in [-0.2, -0.15) is 0 Å². The SMILES string of the molecule is CC(C)C(=O)Nc1cccc(N(C(=O)N(C)c2ncc(SCC(=O)O)s2)C2CCCC2)c1. The zero-order chi connectivity index (χ0) is 23.3. The summed E-state index contributed by atoms with van der Waals surface area (Å²) in [5.41, 5.74) is 1.38. The highest BCUT2D eigenvalue weighted by Gasteiger charge is 2.31. The first kappa shape index (κ1) is 24.1. The number of nitrogens with one attached hydrogen (secondary N) is 1. The number of benzene rings is 1. The molecule has 1 heterocycles. The molecule has 0 radical (unpaired) electrons. The number of anilines is 3. The largest absolute Gasteiger partial charge is 0.481 e. The van der Waals surface area contributed by atoms with E-state index >= 15 is 0 Å². The van der Waals surface area contributed by atoms with E-state index in [0.717, 1.165) is 35.6 Å². The van der Waals surface area contributed by atoms with E-state index < -0.39 is 5.97 Å². The number of thiazole rings is 1. The van der Waals surface area contributed by atoms with E-state index in [9.17, 15) is 14.4 Å². The molecule has 0 bridgehead atoms. The van der Waals surface area contributed by atoms with Crippen LogP contribution in [0.4, 0.5) is 21.3 Å². The normalized spacial score (nSPS) is 13.9. The maximum atomic E-state index is 13.6. The maximum absolute atomic E-state index is 13.6. The summed E-state index contributed by atoms with van der Waals surface area (Å²) in [6, 6.07) is 7.24. The van der Waals surface area contributed by atoms with E-state index in [-0.39, 0.29) is 29.7 Å². The lowest BCUT2D eigenvalue weighted by molar-refractivity contribution is -0.133. The van der Waals surface area contributed by atoms with Crippen molar-refractivity contribution in [3.8, 4) is 0 Å². The molecule has 2 aromatic rings. The molecule has 1 fully saturated rings. The number of aromatic nitrogens is 1. The number of carbonyl (C=O) groups is 3. The molecule has 0 atom stereocenters. The second kappa shape index (κ2) is 10.8. The zero-order valence-electron chi connectivity index (χ0n) is 18.4. The van der Waals surface area contributed by atoms with E-state index in [4.69, 9.17) is 5.11 Å². The Balaban J connectivity index is 1.84. The Labute approximate surface area is 196 Å². The minimum absolute atomic E-state index is 0.0532. The standard InChI is InChI=1S/C22H28N4O4S2/c1-14(2)20(29)24-15-7-6-10-17(11-15)26(16-8-4-5-9-16)22(30)25(3)21-23-12-19(32-21)31-13-18(27)28/h6-7,10-12,14,16H,4-5,8-9,13H2,1-3H3,(H,24,29)(H,27,28). The first-order valence-corrected chi connectivity index (χ1v) is 12.3. The van der Waals surface area contributed by atoms with Crippen molar-refractivity contribution in [2.45, 2.75) is 49.8 Å². The number of hydrogen-bond donors (Lipinski definition) is 2. The van der Waals surface area contributed by atoms with Gasteiger partial charge in [-0.25, -0.2) is 9.78 Å². The summed E-state index contributed by atoms with van der Waals surface area (Å²) in [5, 5.41) is 12.3. The van der Waals surface area contributed by atoms with Gasteiger partial charge < -0.3 is 10.4 Å². The highest BCUT2D eigenvalue weighted by molar-refractivity contribution is 8.01. The molecule has 0 spiro atoms. The molecule has 3 rings (SSSR count). The van der Waals surface area contributed by atoms with Crippen LogP contribution >= 0.6 is 23.1 Å². The van der Waals surface area contributed by atoms with Gasteiger partial charge in [-0.1, -0.05) is 44.1 Å². The van der Waals surface area contributed by atoms with Crippen LogP contribution in [0.5, 0.6) is 0 Å². The first-order chi connectivity index (χ1) is 15.3. The van der Waals surface area contributed by atoms with Gasteiger partial charge in [0.25, 0.3) is 0 Å². The topological polar surface area (TPSA) is 103 Å². The molecule has 0 saturated heterocycles. The molecule has 32 heavy (non-hydrogen) atoms. The minimum Gasteiger partial charge on any atom is -0.481 e. The molecule has 0 aliphatic heterocycles.